The summed E-state index contributed by atoms with van der Waals surface area (Å²) in [6.45, 7) is 2.74. The highest BCUT2D eigenvalue weighted by Crippen LogP contribution is 2.38. The highest BCUT2D eigenvalue weighted by molar-refractivity contribution is 5.95. The largest absolute Gasteiger partial charge is 0.508 e. The molecule has 2 atom stereocenters. The molecule has 2 bridgehead atoms. The molecule has 3 rings (SSSR count). The summed E-state index contributed by atoms with van der Waals surface area (Å²) < 4.78 is 0. The Morgan fingerprint density at radius 2 is 2.24 bits per heavy atom. The van der Waals surface area contributed by atoms with Crippen molar-refractivity contribution in [3.05, 3.63) is 29.3 Å². The number of aromatic hydroxyl groups is 1. The summed E-state index contributed by atoms with van der Waals surface area (Å²) in [6, 6.07) is 5.57. The van der Waals surface area contributed by atoms with Gasteiger partial charge in [-0.2, -0.15) is 0 Å². The van der Waals surface area contributed by atoms with E-state index in [0.29, 0.717) is 11.6 Å². The van der Waals surface area contributed by atoms with Gasteiger partial charge in [0.2, 0.25) is 0 Å². The lowest BCUT2D eigenvalue weighted by atomic mass is 10.1. The Balaban J connectivity index is 1.84. The maximum atomic E-state index is 12.3. The smallest absolute Gasteiger partial charge is 0.254 e. The highest BCUT2D eigenvalue weighted by atomic mass is 16.3. The zero-order valence-corrected chi connectivity index (χ0v) is 10.0. The fourth-order valence-electron chi connectivity index (χ4n) is 3.13. The monoisotopic (exact) mass is 231 g/mol. The minimum absolute atomic E-state index is 0.125. The summed E-state index contributed by atoms with van der Waals surface area (Å²) in [4.78, 5) is 14.4. The number of phenols is 1. The van der Waals surface area contributed by atoms with Gasteiger partial charge in [0.25, 0.3) is 5.91 Å². The fourth-order valence-corrected chi connectivity index (χ4v) is 3.13. The molecule has 1 saturated carbocycles. The van der Waals surface area contributed by atoms with Crippen molar-refractivity contribution in [2.24, 2.45) is 5.92 Å². The fraction of sp³-hybridized carbons (Fsp3) is 0.500. The van der Waals surface area contributed by atoms with E-state index in [1.165, 1.54) is 12.8 Å². The van der Waals surface area contributed by atoms with Gasteiger partial charge >= 0.3 is 0 Å². The van der Waals surface area contributed by atoms with Crippen LogP contribution in [-0.2, 0) is 0 Å². The first-order valence-corrected chi connectivity index (χ1v) is 6.26. The van der Waals surface area contributed by atoms with Gasteiger partial charge in [-0.1, -0.05) is 0 Å². The van der Waals surface area contributed by atoms with E-state index in [0.717, 1.165) is 24.4 Å². The van der Waals surface area contributed by atoms with Gasteiger partial charge in [0.15, 0.2) is 0 Å². The third-order valence-corrected chi connectivity index (χ3v) is 4.11. The van der Waals surface area contributed by atoms with Gasteiger partial charge in [-0.15, -0.1) is 0 Å². The van der Waals surface area contributed by atoms with Crippen molar-refractivity contribution in [1.82, 2.24) is 4.90 Å². The van der Waals surface area contributed by atoms with E-state index in [9.17, 15) is 9.90 Å². The second-order valence-corrected chi connectivity index (χ2v) is 5.29. The molecule has 17 heavy (non-hydrogen) atoms. The zero-order chi connectivity index (χ0) is 12.0. The lowest BCUT2D eigenvalue weighted by Crippen LogP contribution is -2.37. The Labute approximate surface area is 101 Å². The van der Waals surface area contributed by atoms with Crippen LogP contribution in [0, 0.1) is 12.8 Å². The molecule has 1 aliphatic carbocycles. The van der Waals surface area contributed by atoms with Crippen LogP contribution in [0.15, 0.2) is 18.2 Å². The molecular formula is C14H17NO2. The van der Waals surface area contributed by atoms with Crippen molar-refractivity contribution in [2.75, 3.05) is 6.54 Å². The molecular weight excluding hydrogens is 214 g/mol. The topological polar surface area (TPSA) is 40.5 Å². The Hall–Kier alpha value is -1.51. The molecule has 2 unspecified atom stereocenters. The van der Waals surface area contributed by atoms with Gasteiger partial charge in [0, 0.05) is 18.2 Å². The van der Waals surface area contributed by atoms with Crippen molar-refractivity contribution in [3.8, 4) is 5.75 Å². The summed E-state index contributed by atoms with van der Waals surface area (Å²) in [6.07, 6.45) is 3.62. The number of piperidine rings is 1. The van der Waals surface area contributed by atoms with Crippen LogP contribution < -0.4 is 0 Å². The molecule has 0 radical (unpaired) electrons. The minimum atomic E-state index is 0.125. The third kappa shape index (κ3) is 1.70. The number of likely N-dealkylation sites (tertiary alicyclic amines) is 1. The predicted octanol–water partition coefficient (Wildman–Crippen LogP) is 2.33. The lowest BCUT2D eigenvalue weighted by molar-refractivity contribution is 0.0703. The van der Waals surface area contributed by atoms with Gasteiger partial charge in [0.1, 0.15) is 5.75 Å². The van der Waals surface area contributed by atoms with Crippen LogP contribution in [0.5, 0.6) is 5.75 Å². The summed E-state index contributed by atoms with van der Waals surface area (Å²) in [7, 11) is 0. The molecule has 1 aliphatic heterocycles. The first-order chi connectivity index (χ1) is 8.15. The normalized spacial score (nSPS) is 26.5. The van der Waals surface area contributed by atoms with Gasteiger partial charge in [0.05, 0.1) is 0 Å². The number of fused-ring (bicyclic) bond motifs is 2. The van der Waals surface area contributed by atoms with E-state index in [2.05, 4.69) is 0 Å². The Kier molecular flexibility index (Phi) is 2.35. The van der Waals surface area contributed by atoms with Crippen LogP contribution in [-0.4, -0.2) is 28.5 Å². The van der Waals surface area contributed by atoms with E-state index >= 15 is 0 Å². The molecule has 1 amide bonds. The van der Waals surface area contributed by atoms with Crippen molar-refractivity contribution >= 4 is 5.91 Å². The van der Waals surface area contributed by atoms with Crippen LogP contribution in [0.4, 0.5) is 0 Å². The number of hydrogen-bond acceptors (Lipinski definition) is 2. The first kappa shape index (κ1) is 10.6. The van der Waals surface area contributed by atoms with Gasteiger partial charge < -0.3 is 10.0 Å². The van der Waals surface area contributed by atoms with Gasteiger partial charge in [-0.3, -0.25) is 4.79 Å². The number of aryl methyl sites for hydroxylation is 1. The average molecular weight is 231 g/mol. The quantitative estimate of drug-likeness (QED) is 0.805. The molecule has 2 fully saturated rings. The van der Waals surface area contributed by atoms with E-state index in [1.807, 2.05) is 11.8 Å². The van der Waals surface area contributed by atoms with Gasteiger partial charge in [-0.25, -0.2) is 0 Å². The van der Waals surface area contributed by atoms with Crippen molar-refractivity contribution < 1.29 is 9.90 Å². The van der Waals surface area contributed by atoms with E-state index in [4.69, 9.17) is 0 Å². The lowest BCUT2D eigenvalue weighted by Gasteiger charge is -2.27. The molecule has 1 aromatic rings. The van der Waals surface area contributed by atoms with Crippen LogP contribution in [0.25, 0.3) is 0 Å². The van der Waals surface area contributed by atoms with Gasteiger partial charge in [-0.05, 0) is 55.9 Å². The maximum absolute atomic E-state index is 12.3. The third-order valence-electron chi connectivity index (χ3n) is 4.11. The number of rotatable bonds is 1. The van der Waals surface area contributed by atoms with Crippen molar-refractivity contribution in [3.63, 3.8) is 0 Å². The van der Waals surface area contributed by atoms with Crippen molar-refractivity contribution in [2.45, 2.75) is 32.2 Å². The summed E-state index contributed by atoms with van der Waals surface area (Å²) in [5.41, 5.74) is 1.47. The second-order valence-electron chi connectivity index (χ2n) is 5.29. The van der Waals surface area contributed by atoms with Crippen LogP contribution in [0.2, 0.25) is 0 Å². The number of nitrogens with zero attached hydrogens (tertiary/aromatic N) is 1. The first-order valence-electron chi connectivity index (χ1n) is 6.26. The molecule has 0 aromatic heterocycles. The Bertz CT molecular complexity index is 469. The summed E-state index contributed by atoms with van der Waals surface area (Å²) in [5, 5.41) is 9.47. The second kappa shape index (κ2) is 3.76. The molecule has 0 spiro atoms. The number of hydrogen-bond donors (Lipinski definition) is 1. The maximum Gasteiger partial charge on any atom is 0.254 e. The summed E-state index contributed by atoms with van der Waals surface area (Å²) in [5.74, 6) is 1.10. The molecule has 90 valence electrons. The Morgan fingerprint density at radius 1 is 1.41 bits per heavy atom. The number of benzene rings is 1. The molecule has 1 aromatic carbocycles. The molecule has 1 N–H and O–H groups in total. The van der Waals surface area contributed by atoms with E-state index < -0.39 is 0 Å². The van der Waals surface area contributed by atoms with Crippen molar-refractivity contribution in [1.29, 1.82) is 0 Å². The number of phenolic OH excluding ortho intramolecular Hbond substituents is 1. The van der Waals surface area contributed by atoms with Crippen LogP contribution in [0.3, 0.4) is 0 Å². The number of carbonyl (C=O) groups is 1. The molecule has 2 aliphatic rings. The SMILES string of the molecule is Cc1cc(C(=O)N2CC3CCC2C3)ccc1O. The van der Waals surface area contributed by atoms with Crippen LogP contribution >= 0.6 is 0 Å². The predicted molar refractivity (Wildman–Crippen MR) is 65.0 cm³/mol. The molecule has 3 nitrogen and oxygen atoms in total. The minimum Gasteiger partial charge on any atom is -0.508 e. The number of carbonyl (C=O) groups excluding carboxylic acids is 1. The molecule has 1 heterocycles. The summed E-state index contributed by atoms with van der Waals surface area (Å²) >= 11 is 0. The van der Waals surface area contributed by atoms with Crippen LogP contribution in [0.1, 0.15) is 35.2 Å². The Morgan fingerprint density at radius 3 is 2.82 bits per heavy atom. The zero-order valence-electron chi connectivity index (χ0n) is 10.0. The van der Waals surface area contributed by atoms with E-state index in [1.54, 1.807) is 18.2 Å². The molecule has 1 saturated heterocycles. The van der Waals surface area contributed by atoms with E-state index in [-0.39, 0.29) is 11.7 Å². The highest BCUT2D eigenvalue weighted by Gasteiger charge is 2.40. The average Bonchev–Trinajstić information content (AvgIpc) is 2.93. The molecule has 3 heteroatoms. The standard InChI is InChI=1S/C14H17NO2/c1-9-6-11(3-5-13(9)16)14(17)15-8-10-2-4-12(15)7-10/h3,5-6,10,12,16H,2,4,7-8H2,1H3. The number of amides is 1.